The van der Waals surface area contributed by atoms with Crippen molar-refractivity contribution >= 4 is 23.5 Å². The van der Waals surface area contributed by atoms with Crippen LogP contribution < -0.4 is 5.32 Å². The Morgan fingerprint density at radius 2 is 2.29 bits per heavy atom. The van der Waals surface area contributed by atoms with E-state index >= 15 is 0 Å². The zero-order valence-electron chi connectivity index (χ0n) is 9.31. The molecular formula is C11H13ClN2O3. The average molecular weight is 257 g/mol. The Morgan fingerprint density at radius 1 is 1.59 bits per heavy atom. The molecule has 6 heteroatoms. The van der Waals surface area contributed by atoms with Crippen LogP contribution in [-0.4, -0.2) is 28.5 Å². The van der Waals surface area contributed by atoms with Crippen molar-refractivity contribution in [2.24, 2.45) is 5.92 Å². The van der Waals surface area contributed by atoms with E-state index in [1.165, 1.54) is 18.5 Å². The maximum absolute atomic E-state index is 11.6. The van der Waals surface area contributed by atoms with Gasteiger partial charge in [-0.1, -0.05) is 18.5 Å². The third-order valence-electron chi connectivity index (χ3n) is 2.30. The molecule has 0 radical (unpaired) electrons. The first-order chi connectivity index (χ1) is 8.02. The number of halogens is 1. The second-order valence-corrected chi connectivity index (χ2v) is 4.05. The van der Waals surface area contributed by atoms with Gasteiger partial charge in [-0.25, -0.2) is 0 Å². The highest BCUT2D eigenvalue weighted by atomic mass is 35.5. The van der Waals surface area contributed by atoms with Crippen molar-refractivity contribution in [3.8, 4) is 0 Å². The lowest BCUT2D eigenvalue weighted by molar-refractivity contribution is -0.141. The van der Waals surface area contributed by atoms with Gasteiger partial charge >= 0.3 is 5.97 Å². The maximum atomic E-state index is 11.6. The molecule has 1 amide bonds. The molecule has 17 heavy (non-hydrogen) atoms. The molecule has 0 aliphatic rings. The van der Waals surface area contributed by atoms with E-state index in [9.17, 15) is 9.59 Å². The van der Waals surface area contributed by atoms with Crippen LogP contribution in [0.25, 0.3) is 0 Å². The summed E-state index contributed by atoms with van der Waals surface area (Å²) in [6.45, 7) is 1.89. The maximum Gasteiger partial charge on any atom is 0.306 e. The lowest BCUT2D eigenvalue weighted by Crippen LogP contribution is -2.27. The summed E-state index contributed by atoms with van der Waals surface area (Å²) in [5.74, 6) is -1.68. The minimum absolute atomic E-state index is 0.274. The molecule has 0 fully saturated rings. The molecule has 2 N–H and O–H groups in total. The number of hydrogen-bond donors (Lipinski definition) is 2. The molecule has 1 rings (SSSR count). The second-order valence-electron chi connectivity index (χ2n) is 3.64. The third-order valence-corrected chi connectivity index (χ3v) is 2.60. The number of aliphatic carboxylic acids is 1. The molecule has 0 saturated heterocycles. The van der Waals surface area contributed by atoms with Crippen LogP contribution in [0.15, 0.2) is 18.5 Å². The number of aromatic nitrogens is 1. The highest BCUT2D eigenvalue weighted by Gasteiger charge is 2.13. The van der Waals surface area contributed by atoms with Crippen LogP contribution in [0.1, 0.15) is 23.7 Å². The molecule has 92 valence electrons. The highest BCUT2D eigenvalue weighted by Crippen LogP contribution is 2.12. The van der Waals surface area contributed by atoms with Crippen molar-refractivity contribution in [1.82, 2.24) is 10.3 Å². The summed E-state index contributed by atoms with van der Waals surface area (Å²) in [7, 11) is 0. The van der Waals surface area contributed by atoms with Crippen LogP contribution in [0.2, 0.25) is 5.02 Å². The lowest BCUT2D eigenvalue weighted by atomic mass is 10.1. The number of carbonyl (C=O) groups is 2. The monoisotopic (exact) mass is 256 g/mol. The van der Waals surface area contributed by atoms with E-state index in [0.29, 0.717) is 18.5 Å². The van der Waals surface area contributed by atoms with Gasteiger partial charge in [-0.3, -0.25) is 14.6 Å². The number of amides is 1. The number of carboxylic acid groups (broad SMARTS) is 1. The Labute approximate surface area is 104 Å². The summed E-state index contributed by atoms with van der Waals surface area (Å²) < 4.78 is 0. The van der Waals surface area contributed by atoms with Gasteiger partial charge in [0.05, 0.1) is 16.5 Å². The largest absolute Gasteiger partial charge is 0.481 e. The first-order valence-corrected chi connectivity index (χ1v) is 5.50. The zero-order chi connectivity index (χ0) is 12.8. The summed E-state index contributed by atoms with van der Waals surface area (Å²) in [5.41, 5.74) is 0.338. The number of hydrogen-bond acceptors (Lipinski definition) is 3. The van der Waals surface area contributed by atoms with Crippen molar-refractivity contribution < 1.29 is 14.7 Å². The van der Waals surface area contributed by atoms with Gasteiger partial charge in [0.15, 0.2) is 0 Å². The van der Waals surface area contributed by atoms with E-state index in [1.807, 2.05) is 0 Å². The molecule has 0 bridgehead atoms. The highest BCUT2D eigenvalue weighted by molar-refractivity contribution is 6.33. The average Bonchev–Trinajstić information content (AvgIpc) is 2.29. The number of pyridine rings is 1. The zero-order valence-corrected chi connectivity index (χ0v) is 10.1. The predicted molar refractivity (Wildman–Crippen MR) is 63.0 cm³/mol. The van der Waals surface area contributed by atoms with Gasteiger partial charge in [-0.05, 0) is 12.5 Å². The first-order valence-electron chi connectivity index (χ1n) is 5.13. The molecule has 1 unspecified atom stereocenters. The smallest absolute Gasteiger partial charge is 0.306 e. The van der Waals surface area contributed by atoms with Crippen LogP contribution in [0, 0.1) is 5.92 Å². The van der Waals surface area contributed by atoms with E-state index in [-0.39, 0.29) is 10.9 Å². The molecule has 1 heterocycles. The minimum Gasteiger partial charge on any atom is -0.481 e. The Morgan fingerprint density at radius 3 is 2.88 bits per heavy atom. The summed E-state index contributed by atoms with van der Waals surface area (Å²) in [5, 5.41) is 11.6. The SMILES string of the molecule is CC(CCNC(=O)c1ccncc1Cl)C(=O)O. The van der Waals surface area contributed by atoms with Crippen LogP contribution in [-0.2, 0) is 4.79 Å². The van der Waals surface area contributed by atoms with Gasteiger partial charge in [-0.15, -0.1) is 0 Å². The number of nitrogens with one attached hydrogen (secondary N) is 1. The first kappa shape index (κ1) is 13.4. The Kier molecular flexibility index (Phi) is 4.90. The molecule has 0 aliphatic carbocycles. The van der Waals surface area contributed by atoms with Gasteiger partial charge in [0.2, 0.25) is 0 Å². The van der Waals surface area contributed by atoms with Crippen LogP contribution in [0.3, 0.4) is 0 Å². The van der Waals surface area contributed by atoms with Crippen LogP contribution in [0.5, 0.6) is 0 Å². The minimum atomic E-state index is -0.874. The van der Waals surface area contributed by atoms with E-state index in [0.717, 1.165) is 0 Å². The van der Waals surface area contributed by atoms with Crippen LogP contribution in [0.4, 0.5) is 0 Å². The van der Waals surface area contributed by atoms with Crippen LogP contribution >= 0.6 is 11.6 Å². The summed E-state index contributed by atoms with van der Waals surface area (Å²) >= 11 is 5.79. The fourth-order valence-corrected chi connectivity index (χ4v) is 1.39. The molecular weight excluding hydrogens is 244 g/mol. The molecule has 1 atom stereocenters. The predicted octanol–water partition coefficient (Wildman–Crippen LogP) is 1.58. The third kappa shape index (κ3) is 4.03. The molecule has 0 aliphatic heterocycles. The van der Waals surface area contributed by atoms with E-state index in [2.05, 4.69) is 10.3 Å². The van der Waals surface area contributed by atoms with Gasteiger partial charge in [0.1, 0.15) is 0 Å². The van der Waals surface area contributed by atoms with Gasteiger partial charge in [0.25, 0.3) is 5.91 Å². The fourth-order valence-electron chi connectivity index (χ4n) is 1.18. The van der Waals surface area contributed by atoms with Crippen molar-refractivity contribution in [1.29, 1.82) is 0 Å². The van der Waals surface area contributed by atoms with Crippen molar-refractivity contribution in [2.45, 2.75) is 13.3 Å². The molecule has 0 spiro atoms. The van der Waals surface area contributed by atoms with E-state index < -0.39 is 11.9 Å². The molecule has 1 aromatic rings. The van der Waals surface area contributed by atoms with Crippen molar-refractivity contribution in [2.75, 3.05) is 6.54 Å². The van der Waals surface area contributed by atoms with Gasteiger partial charge in [0, 0.05) is 18.9 Å². The molecule has 1 aromatic heterocycles. The molecule has 5 nitrogen and oxygen atoms in total. The van der Waals surface area contributed by atoms with E-state index in [1.54, 1.807) is 6.92 Å². The second kappa shape index (κ2) is 6.20. The Balaban J connectivity index is 2.46. The normalized spacial score (nSPS) is 11.9. The van der Waals surface area contributed by atoms with Gasteiger partial charge < -0.3 is 10.4 Å². The van der Waals surface area contributed by atoms with Crippen molar-refractivity contribution in [3.63, 3.8) is 0 Å². The summed E-state index contributed by atoms with van der Waals surface area (Å²) in [6, 6.07) is 1.51. The topological polar surface area (TPSA) is 79.3 Å². The number of carbonyl (C=O) groups excluding carboxylic acids is 1. The summed E-state index contributed by atoms with van der Waals surface area (Å²) in [4.78, 5) is 26.0. The molecule has 0 saturated carbocycles. The molecule has 0 aromatic carbocycles. The fraction of sp³-hybridized carbons (Fsp3) is 0.364. The lowest BCUT2D eigenvalue weighted by Gasteiger charge is -2.08. The summed E-state index contributed by atoms with van der Waals surface area (Å²) in [6.07, 6.45) is 3.24. The standard InChI is InChI=1S/C11H13ClN2O3/c1-7(11(16)17)2-5-14-10(15)8-3-4-13-6-9(8)12/h3-4,6-7H,2,5H2,1H3,(H,14,15)(H,16,17). The van der Waals surface area contributed by atoms with Gasteiger partial charge in [-0.2, -0.15) is 0 Å². The quantitative estimate of drug-likeness (QED) is 0.838. The number of rotatable bonds is 5. The van der Waals surface area contributed by atoms with Crippen molar-refractivity contribution in [3.05, 3.63) is 29.0 Å². The number of nitrogens with zero attached hydrogens (tertiary/aromatic N) is 1. The number of carboxylic acids is 1. The van der Waals surface area contributed by atoms with E-state index in [4.69, 9.17) is 16.7 Å². The Hall–Kier alpha value is -1.62. The Bertz CT molecular complexity index is 423.